The maximum atomic E-state index is 13.2. The Morgan fingerprint density at radius 2 is 1.67 bits per heavy atom. The second-order valence-electron chi connectivity index (χ2n) is 6.73. The van der Waals surface area contributed by atoms with Gasteiger partial charge in [-0.2, -0.15) is 4.31 Å². The van der Waals surface area contributed by atoms with Gasteiger partial charge in [-0.3, -0.25) is 4.79 Å². The fraction of sp³-hybridized carbons (Fsp3) is 0.350. The number of carbonyl (C=O) groups excluding carboxylic acids is 1. The lowest BCUT2D eigenvalue weighted by atomic mass is 10.1. The Morgan fingerprint density at radius 1 is 1.04 bits per heavy atom. The summed E-state index contributed by atoms with van der Waals surface area (Å²) in [7, 11) is 0.188. The van der Waals surface area contributed by atoms with E-state index < -0.39 is 16.2 Å². The van der Waals surface area contributed by atoms with Gasteiger partial charge < -0.3 is 9.80 Å². The highest BCUT2D eigenvalue weighted by atomic mass is 32.2. The number of benzene rings is 2. The van der Waals surface area contributed by atoms with Crippen LogP contribution in [-0.4, -0.2) is 50.7 Å². The van der Waals surface area contributed by atoms with Gasteiger partial charge in [-0.25, -0.2) is 8.42 Å². The van der Waals surface area contributed by atoms with Crippen molar-refractivity contribution in [2.45, 2.75) is 24.4 Å². The van der Waals surface area contributed by atoms with Gasteiger partial charge in [0.25, 0.3) is 0 Å². The number of carbonyl (C=O) groups is 1. The molecule has 1 amide bonds. The van der Waals surface area contributed by atoms with Crippen molar-refractivity contribution in [2.75, 3.05) is 32.1 Å². The molecule has 27 heavy (non-hydrogen) atoms. The van der Waals surface area contributed by atoms with Gasteiger partial charge in [0.1, 0.15) is 6.17 Å². The summed E-state index contributed by atoms with van der Waals surface area (Å²) in [5.74, 6) is -0.0533. The minimum atomic E-state index is -3.71. The first kappa shape index (κ1) is 19.4. The summed E-state index contributed by atoms with van der Waals surface area (Å²) in [6.07, 6.45) is -0.287. The molecule has 1 heterocycles. The van der Waals surface area contributed by atoms with E-state index in [-0.39, 0.29) is 17.3 Å². The summed E-state index contributed by atoms with van der Waals surface area (Å²) >= 11 is 0. The molecule has 1 aliphatic rings. The van der Waals surface area contributed by atoms with Crippen LogP contribution in [-0.2, 0) is 14.8 Å². The van der Waals surface area contributed by atoms with E-state index in [0.717, 1.165) is 11.3 Å². The molecule has 6 nitrogen and oxygen atoms in total. The predicted molar refractivity (Wildman–Crippen MR) is 106 cm³/mol. The maximum Gasteiger partial charge on any atom is 0.245 e. The molecule has 144 valence electrons. The Hall–Kier alpha value is -2.38. The molecule has 0 spiro atoms. The van der Waals surface area contributed by atoms with Gasteiger partial charge in [-0.1, -0.05) is 37.3 Å². The first-order valence-corrected chi connectivity index (χ1v) is 10.4. The predicted octanol–water partition coefficient (Wildman–Crippen LogP) is 2.69. The molecule has 0 aromatic heterocycles. The molecule has 1 atom stereocenters. The second kappa shape index (κ2) is 7.70. The van der Waals surface area contributed by atoms with E-state index >= 15 is 0 Å². The van der Waals surface area contributed by atoms with Crippen molar-refractivity contribution < 1.29 is 13.2 Å². The van der Waals surface area contributed by atoms with Gasteiger partial charge >= 0.3 is 0 Å². The molecule has 0 aliphatic carbocycles. The van der Waals surface area contributed by atoms with E-state index in [1.807, 2.05) is 43.3 Å². The molecule has 0 bridgehead atoms. The first-order valence-electron chi connectivity index (χ1n) is 9.00. The van der Waals surface area contributed by atoms with Crippen LogP contribution in [0.2, 0.25) is 0 Å². The lowest BCUT2D eigenvalue weighted by Crippen LogP contribution is -2.37. The van der Waals surface area contributed by atoms with Crippen LogP contribution < -0.4 is 4.90 Å². The maximum absolute atomic E-state index is 13.2. The summed E-state index contributed by atoms with van der Waals surface area (Å²) < 4.78 is 27.9. The average molecular weight is 388 g/mol. The summed E-state index contributed by atoms with van der Waals surface area (Å²) in [4.78, 5) is 16.4. The van der Waals surface area contributed by atoms with Gasteiger partial charge in [0, 0.05) is 39.3 Å². The quantitative estimate of drug-likeness (QED) is 0.791. The normalized spacial score (nSPS) is 17.9. The third kappa shape index (κ3) is 3.70. The molecule has 0 saturated carbocycles. The van der Waals surface area contributed by atoms with E-state index in [1.165, 1.54) is 4.31 Å². The van der Waals surface area contributed by atoms with Crippen LogP contribution in [0, 0.1) is 0 Å². The molecular formula is C20H25N3O3S. The van der Waals surface area contributed by atoms with E-state index in [4.69, 9.17) is 0 Å². The van der Waals surface area contributed by atoms with Crippen molar-refractivity contribution in [3.8, 4) is 0 Å². The fourth-order valence-corrected chi connectivity index (χ4v) is 4.93. The summed E-state index contributed by atoms with van der Waals surface area (Å²) in [5.41, 5.74) is 1.81. The van der Waals surface area contributed by atoms with Crippen molar-refractivity contribution in [1.82, 2.24) is 9.21 Å². The van der Waals surface area contributed by atoms with Crippen molar-refractivity contribution in [2.24, 2.45) is 0 Å². The van der Waals surface area contributed by atoms with Crippen LogP contribution in [0.1, 0.15) is 25.1 Å². The van der Waals surface area contributed by atoms with E-state index in [9.17, 15) is 13.2 Å². The Morgan fingerprint density at radius 3 is 2.22 bits per heavy atom. The highest BCUT2D eigenvalue weighted by Gasteiger charge is 2.42. The Bertz CT molecular complexity index is 896. The lowest BCUT2D eigenvalue weighted by Gasteiger charge is -2.30. The van der Waals surface area contributed by atoms with Crippen molar-refractivity contribution in [3.05, 3.63) is 60.2 Å². The fourth-order valence-electron chi connectivity index (χ4n) is 3.34. The molecular weight excluding hydrogens is 362 g/mol. The van der Waals surface area contributed by atoms with Crippen LogP contribution >= 0.6 is 0 Å². The number of rotatable bonds is 5. The molecule has 2 aromatic carbocycles. The molecule has 1 fully saturated rings. The highest BCUT2D eigenvalue weighted by Crippen LogP contribution is 2.35. The number of hydrogen-bond acceptors (Lipinski definition) is 4. The molecule has 3 rings (SSSR count). The topological polar surface area (TPSA) is 60.9 Å². The van der Waals surface area contributed by atoms with E-state index in [0.29, 0.717) is 13.0 Å². The van der Waals surface area contributed by atoms with Gasteiger partial charge in [-0.15, -0.1) is 0 Å². The van der Waals surface area contributed by atoms with Crippen molar-refractivity contribution in [3.63, 3.8) is 0 Å². The molecule has 7 heteroatoms. The Kier molecular flexibility index (Phi) is 5.53. The SMILES string of the molecule is CCC(=O)N1CCN(S(=O)(=O)c2ccccc2)[C@H]1c1ccc(N(C)C)cc1. The van der Waals surface area contributed by atoms with Gasteiger partial charge in [0.15, 0.2) is 0 Å². The molecule has 1 aliphatic heterocycles. The van der Waals surface area contributed by atoms with Gasteiger partial charge in [0.2, 0.25) is 15.9 Å². The summed E-state index contributed by atoms with van der Waals surface area (Å²) in [6, 6.07) is 16.1. The molecule has 0 radical (unpaired) electrons. The van der Waals surface area contributed by atoms with Gasteiger partial charge in [-0.05, 0) is 29.8 Å². The Labute approximate surface area is 161 Å². The minimum absolute atomic E-state index is 0.0533. The average Bonchev–Trinajstić information content (AvgIpc) is 3.14. The van der Waals surface area contributed by atoms with Crippen LogP contribution in [0.3, 0.4) is 0 Å². The number of nitrogens with zero attached hydrogens (tertiary/aromatic N) is 3. The zero-order valence-corrected chi connectivity index (χ0v) is 16.7. The van der Waals surface area contributed by atoms with Crippen molar-refractivity contribution >= 4 is 21.6 Å². The van der Waals surface area contributed by atoms with E-state index in [1.54, 1.807) is 42.2 Å². The molecule has 0 unspecified atom stereocenters. The third-order valence-electron chi connectivity index (χ3n) is 4.81. The molecule has 2 aromatic rings. The number of amides is 1. The van der Waals surface area contributed by atoms with Crippen LogP contribution in [0.4, 0.5) is 5.69 Å². The summed E-state index contributed by atoms with van der Waals surface area (Å²) in [6.45, 7) is 2.46. The number of anilines is 1. The Balaban J connectivity index is 2.04. The van der Waals surface area contributed by atoms with E-state index in [2.05, 4.69) is 0 Å². The monoisotopic (exact) mass is 387 g/mol. The van der Waals surface area contributed by atoms with Crippen LogP contribution in [0.25, 0.3) is 0 Å². The zero-order chi connectivity index (χ0) is 19.6. The largest absolute Gasteiger partial charge is 0.378 e. The molecule has 1 saturated heterocycles. The lowest BCUT2D eigenvalue weighted by molar-refractivity contribution is -0.132. The third-order valence-corrected chi connectivity index (χ3v) is 6.68. The smallest absolute Gasteiger partial charge is 0.245 e. The van der Waals surface area contributed by atoms with Crippen LogP contribution in [0.15, 0.2) is 59.5 Å². The van der Waals surface area contributed by atoms with Crippen LogP contribution in [0.5, 0.6) is 0 Å². The number of hydrogen-bond donors (Lipinski definition) is 0. The first-order chi connectivity index (χ1) is 12.9. The van der Waals surface area contributed by atoms with Gasteiger partial charge in [0.05, 0.1) is 4.90 Å². The van der Waals surface area contributed by atoms with Crippen molar-refractivity contribution in [1.29, 1.82) is 0 Å². The second-order valence-corrected chi connectivity index (χ2v) is 8.62. The zero-order valence-electron chi connectivity index (χ0n) is 15.9. The number of sulfonamides is 1. The standard InChI is InChI=1S/C20H25N3O3S/c1-4-19(24)22-14-15-23(27(25,26)18-8-6-5-7-9-18)20(22)16-10-12-17(13-11-16)21(2)3/h5-13,20H,4,14-15H2,1-3H3/t20-/m0/s1. The molecule has 0 N–H and O–H groups in total. The minimum Gasteiger partial charge on any atom is -0.378 e. The highest BCUT2D eigenvalue weighted by molar-refractivity contribution is 7.89. The summed E-state index contributed by atoms with van der Waals surface area (Å²) in [5, 5.41) is 0.